The van der Waals surface area contributed by atoms with Crippen LogP contribution < -0.4 is 0 Å². The van der Waals surface area contributed by atoms with Crippen LogP contribution in [0.4, 0.5) is 0 Å². The molecule has 1 heteroatoms. The minimum Gasteiger partial charge on any atom is -0.114 e. The lowest BCUT2D eigenvalue weighted by atomic mass is 9.95. The summed E-state index contributed by atoms with van der Waals surface area (Å²) >= 11 is 0. The maximum absolute atomic E-state index is 2.21. The van der Waals surface area contributed by atoms with Crippen molar-refractivity contribution in [2.45, 2.75) is 0 Å². The van der Waals surface area contributed by atoms with Gasteiger partial charge in [-0.05, 0) is 32.3 Å². The van der Waals surface area contributed by atoms with E-state index in [0.717, 1.165) is 0 Å². The van der Waals surface area contributed by atoms with Gasteiger partial charge < -0.3 is 0 Å². The number of halogens is 1. The number of rotatable bonds is 0. The minimum atomic E-state index is 0. The zero-order chi connectivity index (χ0) is 10.5. The summed E-state index contributed by atoms with van der Waals surface area (Å²) in [6, 6.07) is 21.9. The average molecular weight is 283 g/mol. The van der Waals surface area contributed by atoms with E-state index >= 15 is 0 Å². The summed E-state index contributed by atoms with van der Waals surface area (Å²) in [5.74, 6) is 0. The molecule has 0 amide bonds. The lowest BCUT2D eigenvalue weighted by Crippen LogP contribution is -1.82. The summed E-state index contributed by atoms with van der Waals surface area (Å²) in [5.41, 5.74) is 0. The van der Waals surface area contributed by atoms with Gasteiger partial charge in [0, 0.05) is 0 Å². The predicted molar refractivity (Wildman–Crippen MR) is 80.5 cm³/mol. The highest BCUT2D eigenvalue weighted by Gasteiger charge is 2.05. The second-order valence-corrected chi connectivity index (χ2v) is 4.29. The first-order chi connectivity index (χ1) is 7.93. The maximum Gasteiger partial charge on any atom is -0.00268 e. The van der Waals surface area contributed by atoms with Gasteiger partial charge in [-0.15, -0.1) is 17.0 Å². The van der Waals surface area contributed by atoms with Gasteiger partial charge in [-0.25, -0.2) is 0 Å². The van der Waals surface area contributed by atoms with Crippen molar-refractivity contribution >= 4 is 49.3 Å². The molecule has 0 saturated carbocycles. The Hall–Kier alpha value is -1.60. The van der Waals surface area contributed by atoms with E-state index in [4.69, 9.17) is 0 Å². The maximum atomic E-state index is 2.21. The van der Waals surface area contributed by atoms with Crippen LogP contribution in [0.5, 0.6) is 0 Å². The Morgan fingerprint density at radius 2 is 0.706 bits per heavy atom. The molecule has 0 aromatic heterocycles. The summed E-state index contributed by atoms with van der Waals surface area (Å²) in [6.07, 6.45) is 0. The molecule has 0 spiro atoms. The average Bonchev–Trinajstić information content (AvgIpc) is 2.36. The Balaban J connectivity index is 0.000000902. The number of hydrogen-bond acceptors (Lipinski definition) is 0. The zero-order valence-electron chi connectivity index (χ0n) is 9.18. The first-order valence-electron chi connectivity index (χ1n) is 5.56. The monoisotopic (exact) mass is 282 g/mol. The van der Waals surface area contributed by atoms with E-state index in [9.17, 15) is 0 Å². The smallest absolute Gasteiger partial charge is 0.00268 e. The fourth-order valence-corrected chi connectivity index (χ4v) is 2.67. The van der Waals surface area contributed by atoms with Crippen LogP contribution in [0.2, 0.25) is 0 Å². The van der Waals surface area contributed by atoms with Crippen molar-refractivity contribution in [3.63, 3.8) is 0 Å². The normalized spacial score (nSPS) is 11.1. The van der Waals surface area contributed by atoms with Crippen LogP contribution in [0, 0.1) is 0 Å². The highest BCUT2D eigenvalue weighted by molar-refractivity contribution is 8.93. The van der Waals surface area contributed by atoms with Gasteiger partial charge in [0.25, 0.3) is 0 Å². The molecule has 0 heterocycles. The molecule has 4 aromatic carbocycles. The van der Waals surface area contributed by atoms with Gasteiger partial charge in [0.15, 0.2) is 0 Å². The zero-order valence-corrected chi connectivity index (χ0v) is 10.9. The fourth-order valence-electron chi connectivity index (χ4n) is 2.67. The molecule has 0 atom stereocenters. The number of benzene rings is 4. The van der Waals surface area contributed by atoms with Crippen LogP contribution >= 0.6 is 17.0 Å². The molecule has 4 aromatic rings. The number of hydrogen-bond donors (Lipinski definition) is 0. The molecule has 0 N–H and O–H groups in total. The molecule has 0 fully saturated rings. The standard InChI is InChI=1S/C16H10.BrH/c1-3-11-7-9-13-5-2-6-14-10-8-12(4-1)15(11)16(13)14;/h1-10H;1H. The largest absolute Gasteiger partial charge is 0.114 e. The molecule has 4 rings (SSSR count). The Morgan fingerprint density at radius 1 is 0.412 bits per heavy atom. The molecule has 0 saturated heterocycles. The van der Waals surface area contributed by atoms with Crippen molar-refractivity contribution in [1.29, 1.82) is 0 Å². The van der Waals surface area contributed by atoms with E-state index in [0.29, 0.717) is 0 Å². The first-order valence-corrected chi connectivity index (χ1v) is 5.56. The van der Waals surface area contributed by atoms with E-state index in [1.165, 1.54) is 32.3 Å². The Bertz CT molecular complexity index is 672. The van der Waals surface area contributed by atoms with E-state index < -0.39 is 0 Å². The lowest BCUT2D eigenvalue weighted by molar-refractivity contribution is 1.78. The molecule has 0 bridgehead atoms. The van der Waals surface area contributed by atoms with Crippen molar-refractivity contribution in [3.05, 3.63) is 60.7 Å². The van der Waals surface area contributed by atoms with Crippen molar-refractivity contribution in [1.82, 2.24) is 0 Å². The SMILES string of the molecule is Br.c1cc2ccc3cccc4ccc(c1)c2c34. The second-order valence-electron chi connectivity index (χ2n) is 4.29. The first kappa shape index (κ1) is 10.5. The quantitative estimate of drug-likeness (QED) is 0.391. The van der Waals surface area contributed by atoms with Gasteiger partial charge >= 0.3 is 0 Å². The third-order valence-electron chi connectivity index (χ3n) is 3.39. The molecule has 0 radical (unpaired) electrons. The molecule has 0 nitrogen and oxygen atoms in total. The van der Waals surface area contributed by atoms with Crippen molar-refractivity contribution in [2.75, 3.05) is 0 Å². The van der Waals surface area contributed by atoms with Crippen molar-refractivity contribution < 1.29 is 0 Å². The highest BCUT2D eigenvalue weighted by Crippen LogP contribution is 2.33. The molecule has 82 valence electrons. The van der Waals surface area contributed by atoms with Gasteiger partial charge in [0.1, 0.15) is 0 Å². The Kier molecular flexibility index (Phi) is 2.30. The van der Waals surface area contributed by atoms with Crippen LogP contribution in [0.15, 0.2) is 60.7 Å². The lowest BCUT2D eigenvalue weighted by Gasteiger charge is -2.09. The molecule has 0 aliphatic carbocycles. The van der Waals surface area contributed by atoms with Gasteiger partial charge in [0.2, 0.25) is 0 Å². The summed E-state index contributed by atoms with van der Waals surface area (Å²) in [5, 5.41) is 8.14. The third-order valence-corrected chi connectivity index (χ3v) is 3.39. The van der Waals surface area contributed by atoms with Crippen molar-refractivity contribution in [3.8, 4) is 0 Å². The molecule has 0 aliphatic heterocycles. The minimum absolute atomic E-state index is 0. The van der Waals surface area contributed by atoms with E-state index in [1.54, 1.807) is 0 Å². The topological polar surface area (TPSA) is 0 Å². The molecule has 0 unspecified atom stereocenters. The van der Waals surface area contributed by atoms with Gasteiger partial charge in [0.05, 0.1) is 0 Å². The molecular formula is C16H11Br. The molecule has 17 heavy (non-hydrogen) atoms. The van der Waals surface area contributed by atoms with Crippen LogP contribution in [0.25, 0.3) is 32.3 Å². The third kappa shape index (κ3) is 1.36. The molecular weight excluding hydrogens is 272 g/mol. The fraction of sp³-hybridized carbons (Fsp3) is 0. The predicted octanol–water partition coefficient (Wildman–Crippen LogP) is 5.16. The van der Waals surface area contributed by atoms with Gasteiger partial charge in [-0.2, -0.15) is 0 Å². The van der Waals surface area contributed by atoms with E-state index in [1.807, 2.05) is 0 Å². The summed E-state index contributed by atoms with van der Waals surface area (Å²) in [7, 11) is 0. The van der Waals surface area contributed by atoms with Crippen LogP contribution in [-0.4, -0.2) is 0 Å². The second kappa shape index (κ2) is 3.71. The van der Waals surface area contributed by atoms with E-state index in [2.05, 4.69) is 60.7 Å². The van der Waals surface area contributed by atoms with Crippen LogP contribution in [0.1, 0.15) is 0 Å². The Labute approximate surface area is 110 Å². The highest BCUT2D eigenvalue weighted by atomic mass is 79.9. The summed E-state index contributed by atoms with van der Waals surface area (Å²) < 4.78 is 0. The van der Waals surface area contributed by atoms with Gasteiger partial charge in [-0.3, -0.25) is 0 Å². The Morgan fingerprint density at radius 3 is 1.00 bits per heavy atom. The van der Waals surface area contributed by atoms with E-state index in [-0.39, 0.29) is 17.0 Å². The van der Waals surface area contributed by atoms with Crippen molar-refractivity contribution in [2.24, 2.45) is 0 Å². The molecule has 0 aliphatic rings. The summed E-state index contributed by atoms with van der Waals surface area (Å²) in [6.45, 7) is 0. The summed E-state index contributed by atoms with van der Waals surface area (Å²) in [4.78, 5) is 0. The van der Waals surface area contributed by atoms with Gasteiger partial charge in [-0.1, -0.05) is 60.7 Å². The van der Waals surface area contributed by atoms with Crippen LogP contribution in [-0.2, 0) is 0 Å². The van der Waals surface area contributed by atoms with Crippen LogP contribution in [0.3, 0.4) is 0 Å².